The molecule has 0 saturated heterocycles. The number of fused-ring (bicyclic) bond motifs is 5. The van der Waals surface area contributed by atoms with Crippen molar-refractivity contribution in [2.75, 3.05) is 0 Å². The van der Waals surface area contributed by atoms with E-state index in [-0.39, 0.29) is 5.41 Å². The maximum absolute atomic E-state index is 11.6. The van der Waals surface area contributed by atoms with Gasteiger partial charge in [0.25, 0.3) is 0 Å². The molecule has 2 fully saturated rings. The molecule has 3 heteroatoms. The summed E-state index contributed by atoms with van der Waals surface area (Å²) in [4.78, 5) is 0. The van der Waals surface area contributed by atoms with Crippen LogP contribution in [0.5, 0.6) is 5.75 Å². The Bertz CT molecular complexity index is 871. The molecule has 1 aromatic carbocycles. The molecule has 2 N–H and O–H groups in total. The van der Waals surface area contributed by atoms with Crippen LogP contribution in [0.3, 0.4) is 0 Å². The number of benzene rings is 1. The molecule has 0 radical (unpaired) electrons. The number of thiophene rings is 1. The molecule has 142 valence electrons. The number of hydrogen-bond acceptors (Lipinski definition) is 3. The van der Waals surface area contributed by atoms with Gasteiger partial charge in [-0.05, 0) is 102 Å². The van der Waals surface area contributed by atoms with Gasteiger partial charge in [0, 0.05) is 5.41 Å². The van der Waals surface area contributed by atoms with E-state index in [2.05, 4.69) is 42.0 Å². The van der Waals surface area contributed by atoms with E-state index in [4.69, 9.17) is 0 Å². The molecule has 5 atom stereocenters. The van der Waals surface area contributed by atoms with E-state index in [1.54, 1.807) is 11.3 Å². The zero-order chi connectivity index (χ0) is 18.6. The molecule has 0 bridgehead atoms. The molecule has 3 aliphatic rings. The van der Waals surface area contributed by atoms with Crippen molar-refractivity contribution in [3.05, 3.63) is 57.8 Å². The van der Waals surface area contributed by atoms with E-state index in [0.717, 1.165) is 32.1 Å². The number of rotatable bonds is 2. The van der Waals surface area contributed by atoms with Gasteiger partial charge in [0.1, 0.15) is 5.75 Å². The second kappa shape index (κ2) is 6.22. The van der Waals surface area contributed by atoms with E-state index in [1.165, 1.54) is 23.1 Å². The van der Waals surface area contributed by atoms with Crippen LogP contribution in [0.25, 0.3) is 6.08 Å². The van der Waals surface area contributed by atoms with Crippen molar-refractivity contribution in [3.8, 4) is 5.75 Å². The Hall–Kier alpha value is -1.58. The molecule has 1 aromatic heterocycles. The number of phenols is 1. The Balaban J connectivity index is 1.45. The van der Waals surface area contributed by atoms with E-state index in [9.17, 15) is 10.2 Å². The van der Waals surface area contributed by atoms with Crippen LogP contribution in [0.15, 0.2) is 41.1 Å². The van der Waals surface area contributed by atoms with Crippen molar-refractivity contribution < 1.29 is 10.2 Å². The molecule has 2 nitrogen and oxygen atoms in total. The van der Waals surface area contributed by atoms with Crippen LogP contribution in [0.2, 0.25) is 0 Å². The SMILES string of the molecule is C[C@]12CC[C@@H]3c4ccc(O)cc4CC[C@H]3[C@@H]1CC[C@@]2(O)/C=C/c1ccsc1. The van der Waals surface area contributed by atoms with Crippen LogP contribution < -0.4 is 0 Å². The first-order chi connectivity index (χ1) is 13.0. The zero-order valence-electron chi connectivity index (χ0n) is 15.9. The fourth-order valence-corrected chi connectivity index (χ4v) is 7.13. The van der Waals surface area contributed by atoms with Crippen molar-refractivity contribution >= 4 is 17.4 Å². The molecule has 0 spiro atoms. The normalized spacial score (nSPS) is 37.8. The third-order valence-corrected chi connectivity index (χ3v) is 8.72. The van der Waals surface area contributed by atoms with Gasteiger partial charge in [0.05, 0.1) is 5.60 Å². The first-order valence-electron chi connectivity index (χ1n) is 10.3. The average molecular weight is 381 g/mol. The van der Waals surface area contributed by atoms with Crippen LogP contribution in [0.1, 0.15) is 61.6 Å². The van der Waals surface area contributed by atoms with Crippen LogP contribution in [0, 0.1) is 17.3 Å². The van der Waals surface area contributed by atoms with Crippen LogP contribution in [-0.4, -0.2) is 15.8 Å². The predicted octanol–water partition coefficient (Wildman–Crippen LogP) is 5.75. The summed E-state index contributed by atoms with van der Waals surface area (Å²) in [5.41, 5.74) is 3.26. The monoisotopic (exact) mass is 380 g/mol. The second-order valence-electron chi connectivity index (χ2n) is 9.11. The van der Waals surface area contributed by atoms with Crippen molar-refractivity contribution in [1.29, 1.82) is 0 Å². The smallest absolute Gasteiger partial charge is 0.115 e. The van der Waals surface area contributed by atoms with E-state index < -0.39 is 5.60 Å². The number of hydrogen-bond donors (Lipinski definition) is 2. The summed E-state index contributed by atoms with van der Waals surface area (Å²) in [6.45, 7) is 2.34. The minimum atomic E-state index is -0.695. The topological polar surface area (TPSA) is 40.5 Å². The minimum absolute atomic E-state index is 0.0326. The van der Waals surface area contributed by atoms with E-state index in [0.29, 0.717) is 23.5 Å². The third-order valence-electron chi connectivity index (χ3n) is 8.02. The number of phenolic OH excluding ortho intramolecular Hbond substituents is 1. The highest BCUT2D eigenvalue weighted by molar-refractivity contribution is 7.08. The lowest BCUT2D eigenvalue weighted by Crippen LogP contribution is -2.49. The Kier molecular flexibility index (Phi) is 4.03. The van der Waals surface area contributed by atoms with Crippen molar-refractivity contribution in [1.82, 2.24) is 0 Å². The summed E-state index contributed by atoms with van der Waals surface area (Å²) in [6.07, 6.45) is 10.7. The zero-order valence-corrected chi connectivity index (χ0v) is 16.7. The predicted molar refractivity (Wildman–Crippen MR) is 111 cm³/mol. The highest BCUT2D eigenvalue weighted by Gasteiger charge is 2.60. The van der Waals surface area contributed by atoms with Crippen molar-refractivity contribution in [2.45, 2.75) is 57.0 Å². The summed E-state index contributed by atoms with van der Waals surface area (Å²) in [5.74, 6) is 2.22. The van der Waals surface area contributed by atoms with Gasteiger partial charge in [-0.15, -0.1) is 0 Å². The van der Waals surface area contributed by atoms with Gasteiger partial charge in [0.2, 0.25) is 0 Å². The number of aryl methyl sites for hydroxylation is 1. The van der Waals surface area contributed by atoms with Gasteiger partial charge in [-0.3, -0.25) is 0 Å². The largest absolute Gasteiger partial charge is 0.508 e. The molecule has 5 rings (SSSR count). The van der Waals surface area contributed by atoms with Crippen molar-refractivity contribution in [3.63, 3.8) is 0 Å². The number of aromatic hydroxyl groups is 1. The average Bonchev–Trinajstić information content (AvgIpc) is 3.26. The van der Waals surface area contributed by atoms with Gasteiger partial charge < -0.3 is 10.2 Å². The standard InChI is InChI=1S/C24H28O2S/c1-23-10-7-20-19-5-3-18(25)14-17(19)2-4-21(20)22(23)8-12-24(23,26)11-6-16-9-13-27-15-16/h3,5-6,9,11,13-15,20-22,25-26H,2,4,7-8,10,12H2,1H3/b11-6+/t20-,21-,22+,23+,24+/m1/s1. The Morgan fingerprint density at radius 3 is 2.85 bits per heavy atom. The molecular weight excluding hydrogens is 352 g/mol. The van der Waals surface area contributed by atoms with Gasteiger partial charge in [-0.2, -0.15) is 11.3 Å². The summed E-state index contributed by atoms with van der Waals surface area (Å²) in [7, 11) is 0. The van der Waals surface area contributed by atoms with Gasteiger partial charge >= 0.3 is 0 Å². The van der Waals surface area contributed by atoms with Gasteiger partial charge in [0.15, 0.2) is 0 Å². The molecule has 1 heterocycles. The summed E-state index contributed by atoms with van der Waals surface area (Å²) in [5, 5.41) is 25.7. The lowest BCUT2D eigenvalue weighted by Gasteiger charge is -2.52. The van der Waals surface area contributed by atoms with Crippen molar-refractivity contribution in [2.24, 2.45) is 17.3 Å². The molecule has 2 saturated carbocycles. The third kappa shape index (κ3) is 2.62. The van der Waals surface area contributed by atoms with Crippen LogP contribution in [-0.2, 0) is 6.42 Å². The summed E-state index contributed by atoms with van der Waals surface area (Å²) < 4.78 is 0. The molecule has 27 heavy (non-hydrogen) atoms. The first-order valence-corrected chi connectivity index (χ1v) is 11.2. The fraction of sp³-hybridized carbons (Fsp3) is 0.500. The van der Waals surface area contributed by atoms with E-state index >= 15 is 0 Å². The highest BCUT2D eigenvalue weighted by Crippen LogP contribution is 2.64. The molecule has 2 aromatic rings. The highest BCUT2D eigenvalue weighted by atomic mass is 32.1. The number of aliphatic hydroxyl groups is 1. The van der Waals surface area contributed by atoms with Crippen LogP contribution >= 0.6 is 11.3 Å². The van der Waals surface area contributed by atoms with E-state index in [1.807, 2.05) is 12.1 Å². The minimum Gasteiger partial charge on any atom is -0.508 e. The molecular formula is C24H28O2S. The summed E-state index contributed by atoms with van der Waals surface area (Å²) in [6, 6.07) is 8.09. The molecule has 0 unspecified atom stereocenters. The quantitative estimate of drug-likeness (QED) is 0.696. The Morgan fingerprint density at radius 1 is 1.15 bits per heavy atom. The Labute approximate surface area is 165 Å². The first kappa shape index (κ1) is 17.5. The molecule has 0 amide bonds. The maximum atomic E-state index is 11.6. The fourth-order valence-electron chi connectivity index (χ4n) is 6.50. The Morgan fingerprint density at radius 2 is 2.04 bits per heavy atom. The second-order valence-corrected chi connectivity index (χ2v) is 9.89. The lowest BCUT2D eigenvalue weighted by molar-refractivity contribution is -0.0705. The molecule has 3 aliphatic carbocycles. The lowest BCUT2D eigenvalue weighted by atomic mass is 9.53. The summed E-state index contributed by atoms with van der Waals surface area (Å²) >= 11 is 1.70. The van der Waals surface area contributed by atoms with Crippen LogP contribution in [0.4, 0.5) is 0 Å². The van der Waals surface area contributed by atoms with Gasteiger partial charge in [-0.1, -0.05) is 25.1 Å². The maximum Gasteiger partial charge on any atom is 0.115 e. The van der Waals surface area contributed by atoms with Gasteiger partial charge in [-0.25, -0.2) is 0 Å². The molecule has 0 aliphatic heterocycles.